The number of carboxylic acid groups (broad SMARTS) is 1. The lowest BCUT2D eigenvalue weighted by Gasteiger charge is -2.20. The summed E-state index contributed by atoms with van der Waals surface area (Å²) < 4.78 is 0. The normalized spacial score (nSPS) is 18.5. The Kier molecular flexibility index (Phi) is 4.80. The van der Waals surface area contributed by atoms with Crippen LogP contribution in [0.5, 0.6) is 0 Å². The third kappa shape index (κ3) is 3.95. The molecule has 3 N–H and O–H groups in total. The highest BCUT2D eigenvalue weighted by atomic mass is 16.4. The van der Waals surface area contributed by atoms with Crippen molar-refractivity contribution < 1.29 is 14.7 Å². The third-order valence-corrected chi connectivity index (χ3v) is 3.82. The number of anilines is 1. The maximum Gasteiger partial charge on any atom is 0.337 e. The molecule has 1 aliphatic heterocycles. The minimum absolute atomic E-state index is 0.100. The number of carbonyl (C=O) groups excluding carboxylic acids is 1. The molecule has 0 spiro atoms. The lowest BCUT2D eigenvalue weighted by atomic mass is 10.1. The lowest BCUT2D eigenvalue weighted by molar-refractivity contribution is 0.0698. The quantitative estimate of drug-likeness (QED) is 0.791. The molecule has 2 amide bonds. The Bertz CT molecular complexity index is 545. The molecular formula is C15H21N3O3. The highest BCUT2D eigenvalue weighted by Crippen LogP contribution is 2.17. The van der Waals surface area contributed by atoms with E-state index in [0.717, 1.165) is 24.9 Å². The molecule has 1 aromatic carbocycles. The highest BCUT2D eigenvalue weighted by Gasteiger charge is 2.21. The van der Waals surface area contributed by atoms with E-state index in [4.69, 9.17) is 5.11 Å². The Hall–Kier alpha value is -2.08. The van der Waals surface area contributed by atoms with Crippen LogP contribution >= 0.6 is 0 Å². The van der Waals surface area contributed by atoms with Crippen molar-refractivity contribution in [3.8, 4) is 0 Å². The summed E-state index contributed by atoms with van der Waals surface area (Å²) in [6, 6.07) is 4.91. The monoisotopic (exact) mass is 291 g/mol. The van der Waals surface area contributed by atoms with Crippen LogP contribution in [0.15, 0.2) is 18.2 Å². The maximum atomic E-state index is 11.9. The molecule has 0 aliphatic carbocycles. The number of benzene rings is 1. The van der Waals surface area contributed by atoms with Gasteiger partial charge in [0.25, 0.3) is 0 Å². The Morgan fingerprint density at radius 1 is 1.43 bits per heavy atom. The zero-order valence-corrected chi connectivity index (χ0v) is 12.3. The van der Waals surface area contributed by atoms with Gasteiger partial charge in [-0.1, -0.05) is 11.6 Å². The molecule has 0 aromatic heterocycles. The Morgan fingerprint density at radius 3 is 2.81 bits per heavy atom. The molecule has 1 unspecified atom stereocenters. The number of hydrogen-bond acceptors (Lipinski definition) is 3. The van der Waals surface area contributed by atoms with Gasteiger partial charge in [-0.2, -0.15) is 0 Å². The number of hydrogen-bond donors (Lipinski definition) is 3. The van der Waals surface area contributed by atoms with Gasteiger partial charge in [-0.3, -0.25) is 0 Å². The lowest BCUT2D eigenvalue weighted by Crippen LogP contribution is -2.40. The molecular weight excluding hydrogens is 270 g/mol. The molecule has 0 radical (unpaired) electrons. The first-order chi connectivity index (χ1) is 9.97. The van der Waals surface area contributed by atoms with Gasteiger partial charge in [0.2, 0.25) is 0 Å². The van der Waals surface area contributed by atoms with Crippen molar-refractivity contribution in [1.82, 2.24) is 10.2 Å². The molecule has 1 aliphatic rings. The van der Waals surface area contributed by atoms with Gasteiger partial charge < -0.3 is 20.6 Å². The minimum Gasteiger partial charge on any atom is -0.478 e. The molecule has 114 valence electrons. The fraction of sp³-hybridized carbons (Fsp3) is 0.467. The summed E-state index contributed by atoms with van der Waals surface area (Å²) in [5.74, 6) is -1.05. The second kappa shape index (κ2) is 6.58. The average Bonchev–Trinajstić information content (AvgIpc) is 2.84. The smallest absolute Gasteiger partial charge is 0.337 e. The molecule has 2 rings (SSSR count). The van der Waals surface area contributed by atoms with Crippen LogP contribution in [0, 0.1) is 6.92 Å². The van der Waals surface area contributed by atoms with E-state index in [1.165, 1.54) is 0 Å². The van der Waals surface area contributed by atoms with E-state index < -0.39 is 5.97 Å². The van der Waals surface area contributed by atoms with Gasteiger partial charge in [0.15, 0.2) is 0 Å². The van der Waals surface area contributed by atoms with Crippen molar-refractivity contribution in [3.63, 3.8) is 0 Å². The fourth-order valence-electron chi connectivity index (χ4n) is 2.56. The van der Waals surface area contributed by atoms with Gasteiger partial charge in [0.05, 0.1) is 11.3 Å². The average molecular weight is 291 g/mol. The molecule has 6 heteroatoms. The molecule has 1 atom stereocenters. The van der Waals surface area contributed by atoms with Crippen LogP contribution < -0.4 is 10.6 Å². The third-order valence-electron chi connectivity index (χ3n) is 3.82. The molecule has 1 aromatic rings. The van der Waals surface area contributed by atoms with Crippen LogP contribution in [0.1, 0.15) is 28.8 Å². The fourth-order valence-corrected chi connectivity index (χ4v) is 2.56. The molecule has 6 nitrogen and oxygen atoms in total. The van der Waals surface area contributed by atoms with E-state index in [1.54, 1.807) is 18.2 Å². The topological polar surface area (TPSA) is 81.7 Å². The number of aromatic carboxylic acids is 1. The van der Waals surface area contributed by atoms with E-state index >= 15 is 0 Å². The zero-order valence-electron chi connectivity index (χ0n) is 12.3. The first kappa shape index (κ1) is 15.3. The summed E-state index contributed by atoms with van der Waals surface area (Å²) in [6.45, 7) is 3.43. The van der Waals surface area contributed by atoms with E-state index in [1.807, 2.05) is 14.0 Å². The number of likely N-dealkylation sites (tertiary alicyclic amines) is 1. The van der Waals surface area contributed by atoms with Crippen LogP contribution in [0.4, 0.5) is 10.5 Å². The number of carboxylic acids is 1. The summed E-state index contributed by atoms with van der Waals surface area (Å²) in [5.41, 5.74) is 1.25. The number of nitrogens with zero attached hydrogens (tertiary/aromatic N) is 1. The summed E-state index contributed by atoms with van der Waals surface area (Å²) in [4.78, 5) is 25.3. The standard InChI is InChI=1S/C15H21N3O3/c1-10-5-6-13(12(8-10)14(19)20)17-15(21)16-9-11-4-3-7-18(11)2/h5-6,8,11H,3-4,7,9H2,1-2H3,(H,19,20)(H2,16,17,21). The number of nitrogens with one attached hydrogen (secondary N) is 2. The van der Waals surface area contributed by atoms with Crippen LogP contribution in [0.3, 0.4) is 0 Å². The summed E-state index contributed by atoms with van der Waals surface area (Å²) in [6.07, 6.45) is 2.22. The second-order valence-corrected chi connectivity index (χ2v) is 5.47. The van der Waals surface area contributed by atoms with Crippen molar-refractivity contribution >= 4 is 17.7 Å². The first-order valence-corrected chi connectivity index (χ1v) is 7.06. The van der Waals surface area contributed by atoms with Gasteiger partial charge in [-0.25, -0.2) is 9.59 Å². The van der Waals surface area contributed by atoms with Crippen LogP contribution in [0.2, 0.25) is 0 Å². The zero-order chi connectivity index (χ0) is 15.4. The van der Waals surface area contributed by atoms with Gasteiger partial charge >= 0.3 is 12.0 Å². The molecule has 1 saturated heterocycles. The SMILES string of the molecule is Cc1ccc(NC(=O)NCC2CCCN2C)c(C(=O)O)c1. The molecule has 21 heavy (non-hydrogen) atoms. The number of urea groups is 1. The van der Waals surface area contributed by atoms with Crippen LogP contribution in [-0.2, 0) is 0 Å². The second-order valence-electron chi connectivity index (χ2n) is 5.47. The van der Waals surface area contributed by atoms with Crippen molar-refractivity contribution in [2.24, 2.45) is 0 Å². The first-order valence-electron chi connectivity index (χ1n) is 7.06. The number of rotatable bonds is 4. The van der Waals surface area contributed by atoms with Crippen LogP contribution in [0.25, 0.3) is 0 Å². The van der Waals surface area contributed by atoms with Crippen molar-refractivity contribution in [2.75, 3.05) is 25.5 Å². The van der Waals surface area contributed by atoms with E-state index in [0.29, 0.717) is 18.3 Å². The summed E-state index contributed by atoms with van der Waals surface area (Å²) >= 11 is 0. The van der Waals surface area contributed by atoms with E-state index in [2.05, 4.69) is 15.5 Å². The predicted octanol–water partition coefficient (Wildman–Crippen LogP) is 1.91. The van der Waals surface area contributed by atoms with E-state index in [9.17, 15) is 9.59 Å². The Labute approximate surface area is 124 Å². The van der Waals surface area contributed by atoms with Crippen molar-refractivity contribution in [3.05, 3.63) is 29.3 Å². The molecule has 1 heterocycles. The number of carbonyl (C=O) groups is 2. The molecule has 0 saturated carbocycles. The number of amides is 2. The number of likely N-dealkylation sites (N-methyl/N-ethyl adjacent to an activating group) is 1. The Morgan fingerprint density at radius 2 is 2.19 bits per heavy atom. The molecule has 1 fully saturated rings. The van der Waals surface area contributed by atoms with Gasteiger partial charge in [0, 0.05) is 12.6 Å². The van der Waals surface area contributed by atoms with Crippen LogP contribution in [-0.4, -0.2) is 48.2 Å². The largest absolute Gasteiger partial charge is 0.478 e. The molecule has 0 bridgehead atoms. The van der Waals surface area contributed by atoms with Crippen molar-refractivity contribution in [1.29, 1.82) is 0 Å². The summed E-state index contributed by atoms with van der Waals surface area (Å²) in [7, 11) is 2.04. The van der Waals surface area contributed by atoms with Gasteiger partial charge in [-0.15, -0.1) is 0 Å². The van der Waals surface area contributed by atoms with E-state index in [-0.39, 0.29) is 11.6 Å². The Balaban J connectivity index is 1.95. The van der Waals surface area contributed by atoms with Gasteiger partial charge in [-0.05, 0) is 45.5 Å². The minimum atomic E-state index is -1.05. The maximum absolute atomic E-state index is 11.9. The predicted molar refractivity (Wildman–Crippen MR) is 80.8 cm³/mol. The van der Waals surface area contributed by atoms with Crippen molar-refractivity contribution in [2.45, 2.75) is 25.8 Å². The number of aryl methyl sites for hydroxylation is 1. The van der Waals surface area contributed by atoms with Gasteiger partial charge in [0.1, 0.15) is 0 Å². The summed E-state index contributed by atoms with van der Waals surface area (Å²) in [5, 5.41) is 14.6. The highest BCUT2D eigenvalue weighted by molar-refractivity contribution is 6.00.